The molecule has 90 heavy (non-hydrogen) atoms. The Kier molecular flexibility index (Phi) is 52.4. The maximum absolute atomic E-state index is 11.4. The lowest BCUT2D eigenvalue weighted by molar-refractivity contribution is -0.146. The number of ether oxygens (including phenoxy) is 2. The van der Waals surface area contributed by atoms with Crippen LogP contribution in [0, 0.1) is 5.92 Å². The van der Waals surface area contributed by atoms with Gasteiger partial charge in [-0.25, -0.2) is 0 Å². The Bertz CT molecular complexity index is 1920. The van der Waals surface area contributed by atoms with Gasteiger partial charge in [-0.3, -0.25) is 43.6 Å². The Balaban J connectivity index is 0. The van der Waals surface area contributed by atoms with Gasteiger partial charge in [0.25, 0.3) is 0 Å². The van der Waals surface area contributed by atoms with Crippen molar-refractivity contribution in [3.8, 4) is 0 Å². The molecule has 6 atom stereocenters. The summed E-state index contributed by atoms with van der Waals surface area (Å²) in [6, 6.07) is 10.8. The zero-order valence-electron chi connectivity index (χ0n) is 61.4. The molecular formula is C69H139N13O8. The summed E-state index contributed by atoms with van der Waals surface area (Å²) in [6.07, 6.45) is 15.9. The van der Waals surface area contributed by atoms with E-state index in [0.717, 1.165) is 142 Å². The third-order valence-corrected chi connectivity index (χ3v) is 17.0. The van der Waals surface area contributed by atoms with Crippen LogP contribution in [0.3, 0.4) is 0 Å². The molecule has 7 aliphatic heterocycles. The van der Waals surface area contributed by atoms with Gasteiger partial charge in [0.15, 0.2) is 0 Å². The van der Waals surface area contributed by atoms with Gasteiger partial charge in [0.2, 0.25) is 17.7 Å². The lowest BCUT2D eigenvalue weighted by Crippen LogP contribution is -2.40. The van der Waals surface area contributed by atoms with Gasteiger partial charge in [0.1, 0.15) is 12.1 Å². The first kappa shape index (κ1) is 88.2. The summed E-state index contributed by atoms with van der Waals surface area (Å²) in [5.74, 6) is 0.750. The van der Waals surface area contributed by atoms with E-state index < -0.39 is 0 Å². The van der Waals surface area contributed by atoms with E-state index >= 15 is 0 Å². The number of nitrogens with zero attached hydrogens (tertiary/aromatic N) is 11. The van der Waals surface area contributed by atoms with Crippen LogP contribution in [0.25, 0.3) is 0 Å². The molecular weight excluding hydrogens is 1140 g/mol. The summed E-state index contributed by atoms with van der Waals surface area (Å²) in [4.78, 5) is 78.1. The van der Waals surface area contributed by atoms with Crippen molar-refractivity contribution in [3.63, 3.8) is 0 Å². The van der Waals surface area contributed by atoms with Crippen LogP contribution >= 0.6 is 0 Å². The largest absolute Gasteiger partial charge is 0.468 e. The van der Waals surface area contributed by atoms with Crippen molar-refractivity contribution >= 4 is 29.7 Å². The Morgan fingerprint density at radius 2 is 1.07 bits per heavy atom. The smallest absolute Gasteiger partial charge is 0.323 e. The van der Waals surface area contributed by atoms with Crippen LogP contribution in [0.4, 0.5) is 0 Å². The van der Waals surface area contributed by atoms with Gasteiger partial charge in [-0.15, -0.1) is 0 Å². The van der Waals surface area contributed by atoms with Crippen molar-refractivity contribution in [2.24, 2.45) is 11.7 Å². The zero-order chi connectivity index (χ0) is 68.7. The second kappa shape index (κ2) is 53.5. The topological polar surface area (TPSA) is 198 Å². The predicted molar refractivity (Wildman–Crippen MR) is 374 cm³/mol. The Morgan fingerprint density at radius 1 is 0.600 bits per heavy atom. The lowest BCUT2D eigenvalue weighted by Gasteiger charge is -2.21. The van der Waals surface area contributed by atoms with Crippen molar-refractivity contribution in [1.82, 2.24) is 59.2 Å². The molecule has 1 aromatic rings. The molecule has 0 spiro atoms. The van der Waals surface area contributed by atoms with Crippen molar-refractivity contribution in [3.05, 3.63) is 35.9 Å². The fraction of sp³-hybridized carbons (Fsp3) is 0.841. The Labute approximate surface area is 551 Å². The number of aliphatic hydroxyl groups is 1. The van der Waals surface area contributed by atoms with Crippen LogP contribution in [0.1, 0.15) is 144 Å². The molecule has 7 aliphatic rings. The van der Waals surface area contributed by atoms with E-state index in [9.17, 15) is 24.0 Å². The van der Waals surface area contributed by atoms with Gasteiger partial charge in [0.05, 0.1) is 31.3 Å². The van der Waals surface area contributed by atoms with Crippen molar-refractivity contribution < 1.29 is 38.6 Å². The maximum atomic E-state index is 11.4. The van der Waals surface area contributed by atoms with E-state index in [0.29, 0.717) is 0 Å². The molecule has 7 fully saturated rings. The fourth-order valence-electron chi connectivity index (χ4n) is 10.9. The number of aliphatic hydroxyl groups excluding tert-OH is 1. The maximum Gasteiger partial charge on any atom is 0.323 e. The minimum Gasteiger partial charge on any atom is -0.468 e. The first-order valence-corrected chi connectivity index (χ1v) is 34.1. The van der Waals surface area contributed by atoms with Gasteiger partial charge >= 0.3 is 11.9 Å². The number of esters is 2. The molecule has 7 saturated heterocycles. The highest BCUT2D eigenvalue weighted by atomic mass is 16.5. The number of hydrogen-bond acceptors (Lipinski definition) is 18. The summed E-state index contributed by atoms with van der Waals surface area (Å²) in [5, 5.41) is 11.5. The molecule has 0 bridgehead atoms. The number of hydrogen-bond donors (Lipinski definition) is 3. The molecule has 0 aliphatic carbocycles. The molecule has 0 aromatic heterocycles. The number of β-amino-alcohol motifs (C(OH)–C–C–N with tert-alkyl or cyclic N) is 1. The lowest BCUT2D eigenvalue weighted by atomic mass is 10.2. The number of likely N-dealkylation sites (N-methyl/N-ethyl adjacent to an activating group) is 8. The Morgan fingerprint density at radius 3 is 1.37 bits per heavy atom. The molecule has 4 N–H and O–H groups in total. The predicted octanol–water partition coefficient (Wildman–Crippen LogP) is 5.93. The molecule has 0 radical (unpaired) electrons. The van der Waals surface area contributed by atoms with Gasteiger partial charge in [-0.2, -0.15) is 0 Å². The third kappa shape index (κ3) is 43.9. The van der Waals surface area contributed by atoms with Crippen molar-refractivity contribution in [2.75, 3.05) is 197 Å². The highest BCUT2D eigenvalue weighted by Gasteiger charge is 2.30. The minimum atomic E-state index is -0.185. The van der Waals surface area contributed by atoms with Gasteiger partial charge in [0, 0.05) is 67.3 Å². The van der Waals surface area contributed by atoms with E-state index in [1.165, 1.54) is 78.0 Å². The van der Waals surface area contributed by atoms with Gasteiger partial charge < -0.3 is 59.9 Å². The van der Waals surface area contributed by atoms with Crippen molar-refractivity contribution in [2.45, 2.75) is 181 Å². The number of carbonyl (C=O) groups excluding carboxylic acids is 5. The Hall–Kier alpha value is -3.87. The van der Waals surface area contributed by atoms with E-state index in [1.807, 2.05) is 66.2 Å². The number of nitrogens with one attached hydrogen (secondary N) is 1. The average Bonchev–Trinajstić information content (AvgIpc) is 2.88. The van der Waals surface area contributed by atoms with Crippen LogP contribution in [-0.2, 0) is 40.0 Å². The van der Waals surface area contributed by atoms with Crippen LogP contribution in [0.15, 0.2) is 30.3 Å². The number of unbranched alkanes of at least 4 members (excludes halogenated alkanes) is 1. The molecule has 0 saturated carbocycles. The SMILES string of the molecule is CC(=O)OC1CCN(C)C1.CCCCN(C)CC.CCN(C)CC(C)C.CCN(C)Cc1ccccc1.CN(C)C(=O)C1CCCN1C.CN1CCC(O)C1.CN1CCCC1.CN1CCCC1C(N)=O.CNC(=O)C1CCCN1C.COC(=O)C1CCCN1C. The quantitative estimate of drug-likeness (QED) is 0.175. The van der Waals surface area contributed by atoms with Gasteiger partial charge in [-0.1, -0.05) is 78.3 Å². The number of amides is 3. The summed E-state index contributed by atoms with van der Waals surface area (Å²) in [6.45, 7) is 32.3. The first-order chi connectivity index (χ1) is 42.5. The number of carbonyl (C=O) groups is 5. The number of likely N-dealkylation sites (tertiary alicyclic amines) is 7. The summed E-state index contributed by atoms with van der Waals surface area (Å²) >= 11 is 0. The minimum absolute atomic E-state index is 0.00463. The number of methoxy groups -OCH3 is 1. The van der Waals surface area contributed by atoms with Crippen LogP contribution in [0.2, 0.25) is 0 Å². The van der Waals surface area contributed by atoms with Crippen LogP contribution in [0.5, 0.6) is 0 Å². The van der Waals surface area contributed by atoms with E-state index in [-0.39, 0.29) is 66.0 Å². The highest BCUT2D eigenvalue weighted by molar-refractivity contribution is 5.82. The van der Waals surface area contributed by atoms with Gasteiger partial charge in [-0.05, 0) is 231 Å². The summed E-state index contributed by atoms with van der Waals surface area (Å²) in [7, 11) is 27.3. The second-order valence-electron chi connectivity index (χ2n) is 26.1. The zero-order valence-corrected chi connectivity index (χ0v) is 61.4. The van der Waals surface area contributed by atoms with Crippen LogP contribution < -0.4 is 11.1 Å². The summed E-state index contributed by atoms with van der Waals surface area (Å²) in [5.41, 5.74) is 6.49. The van der Waals surface area contributed by atoms with E-state index in [4.69, 9.17) is 15.6 Å². The number of benzene rings is 1. The monoisotopic (exact) mass is 1280 g/mol. The molecule has 3 amide bonds. The average molecular weight is 1280 g/mol. The number of nitrogens with two attached hydrogens (primary N) is 1. The molecule has 21 heteroatoms. The molecule has 7 heterocycles. The normalized spacial score (nSPS) is 22.5. The molecule has 1 aromatic carbocycles. The second-order valence-corrected chi connectivity index (χ2v) is 26.1. The fourth-order valence-corrected chi connectivity index (χ4v) is 10.9. The standard InChI is InChI=1S/C10H15N.C8H16N2O.C7H14N2O.2C7H13NO2.2C7H17N.C6H12N2O.C5H11NO.C5H11N/c1-3-11(2)9-10-7-5-4-6-8-10;1-9(2)8(11)7-5-4-6-10(7)3;1-8-7(10)6-4-3-5-9(6)2;1-6(9)10-7-3-4-8(2)5-7;1-8-5-3-4-6(8)7(9)10-2;1-5-8(4)6-7(2)3;1-4-6-7-8(3)5-2;1-8-4-2-3-5(8)6(7)9;1-6-3-2-5(7)4-6;1-6-4-2-3-5-6/h4-8H,3,9H2,1-2H3;7H,4-6H2,1-3H3;6H,3-5H2,1-2H3,(H,8,10);7H,3-5H2,1-2H3;6H,3-5H2,1-2H3;7H,5-6H2,1-4H3;4-7H2,1-3H3;5H,2-4H2,1H3,(H2,7,9);5,7H,2-4H2,1H3;2-5H2,1H3. The number of primary amides is 1. The number of rotatable bonds is 15. The molecule has 21 nitrogen and oxygen atoms in total. The van der Waals surface area contributed by atoms with Crippen LogP contribution in [-0.4, -0.2) is 322 Å². The summed E-state index contributed by atoms with van der Waals surface area (Å²) < 4.78 is 9.62. The van der Waals surface area contributed by atoms with E-state index in [2.05, 4.69) is 149 Å². The molecule has 528 valence electrons. The van der Waals surface area contributed by atoms with E-state index in [1.54, 1.807) is 11.9 Å². The molecule has 8 rings (SSSR count). The van der Waals surface area contributed by atoms with Crippen molar-refractivity contribution in [1.29, 1.82) is 0 Å². The highest BCUT2D eigenvalue weighted by Crippen LogP contribution is 2.18. The first-order valence-electron chi connectivity index (χ1n) is 34.1. The third-order valence-electron chi connectivity index (χ3n) is 17.0. The molecule has 6 unspecified atom stereocenters.